The van der Waals surface area contributed by atoms with Crippen molar-refractivity contribution in [2.45, 2.75) is 44.9 Å². The van der Waals surface area contributed by atoms with E-state index in [2.05, 4.69) is 18.2 Å². The first-order chi connectivity index (χ1) is 8.83. The molecule has 0 spiro atoms. The van der Waals surface area contributed by atoms with Crippen molar-refractivity contribution in [2.24, 2.45) is 29.6 Å². The minimum atomic E-state index is 0.532. The van der Waals surface area contributed by atoms with Crippen molar-refractivity contribution in [3.63, 3.8) is 0 Å². The summed E-state index contributed by atoms with van der Waals surface area (Å²) >= 11 is 0. The fourth-order valence-electron chi connectivity index (χ4n) is 5.30. The van der Waals surface area contributed by atoms with Gasteiger partial charge >= 0.3 is 0 Å². The summed E-state index contributed by atoms with van der Waals surface area (Å²) in [5.41, 5.74) is 1.63. The predicted octanol–water partition coefficient (Wildman–Crippen LogP) is 3.90. The second kappa shape index (κ2) is 4.08. The fraction of sp³-hybridized carbons (Fsp3) is 0.706. The molecule has 2 saturated carbocycles. The molecule has 0 radical (unpaired) electrons. The zero-order valence-electron chi connectivity index (χ0n) is 11.0. The predicted molar refractivity (Wildman–Crippen MR) is 72.0 cm³/mol. The van der Waals surface area contributed by atoms with Gasteiger partial charge in [-0.1, -0.05) is 18.2 Å². The Morgan fingerprint density at radius 2 is 1.94 bits per heavy atom. The molecule has 18 heavy (non-hydrogen) atoms. The summed E-state index contributed by atoms with van der Waals surface area (Å²) < 4.78 is 0. The first-order valence-electron chi connectivity index (χ1n) is 7.71. The van der Waals surface area contributed by atoms with E-state index in [1.807, 2.05) is 0 Å². The van der Waals surface area contributed by atoms with Gasteiger partial charge in [-0.3, -0.25) is 4.79 Å². The molecule has 1 unspecified atom stereocenters. The Kier molecular flexibility index (Phi) is 2.50. The van der Waals surface area contributed by atoms with Crippen molar-refractivity contribution >= 4 is 5.78 Å². The van der Waals surface area contributed by atoms with Gasteiger partial charge in [0, 0.05) is 12.8 Å². The van der Waals surface area contributed by atoms with E-state index in [9.17, 15) is 4.79 Å². The number of Topliss-reactive ketones (excluding diaryl/α,β-unsaturated/α-hetero) is 1. The van der Waals surface area contributed by atoms with Gasteiger partial charge in [-0.15, -0.1) is 0 Å². The average molecular weight is 242 g/mol. The van der Waals surface area contributed by atoms with Crippen LogP contribution in [0.5, 0.6) is 0 Å². The van der Waals surface area contributed by atoms with Gasteiger partial charge in [0.1, 0.15) is 5.78 Å². The van der Waals surface area contributed by atoms with Gasteiger partial charge < -0.3 is 0 Å². The smallest absolute Gasteiger partial charge is 0.133 e. The molecule has 0 N–H and O–H groups in total. The molecule has 0 saturated heterocycles. The zero-order chi connectivity index (χ0) is 12.1. The normalized spacial score (nSPS) is 46.1. The highest BCUT2D eigenvalue weighted by atomic mass is 16.1. The van der Waals surface area contributed by atoms with Crippen LogP contribution in [-0.4, -0.2) is 5.78 Å². The Hall–Kier alpha value is -0.850. The average Bonchev–Trinajstić information content (AvgIpc) is 2.86. The number of carbonyl (C=O) groups excluding carboxylic acids is 1. The molecule has 1 heteroatoms. The molecule has 0 aliphatic heterocycles. The van der Waals surface area contributed by atoms with E-state index in [1.165, 1.54) is 32.1 Å². The molecule has 1 nitrogen and oxygen atoms in total. The first-order valence-corrected chi connectivity index (χ1v) is 7.71. The summed E-state index contributed by atoms with van der Waals surface area (Å²) in [6.07, 6.45) is 15.5. The van der Waals surface area contributed by atoms with Crippen LogP contribution in [0.4, 0.5) is 0 Å². The van der Waals surface area contributed by atoms with Crippen molar-refractivity contribution in [3.8, 4) is 0 Å². The Balaban J connectivity index is 1.60. The maximum absolute atomic E-state index is 11.6. The van der Waals surface area contributed by atoms with E-state index >= 15 is 0 Å². The molecule has 0 aromatic heterocycles. The van der Waals surface area contributed by atoms with Gasteiger partial charge in [0.05, 0.1) is 0 Å². The van der Waals surface area contributed by atoms with Crippen molar-refractivity contribution < 1.29 is 4.79 Å². The molecule has 0 aromatic rings. The summed E-state index contributed by atoms with van der Waals surface area (Å²) in [6, 6.07) is 0. The maximum Gasteiger partial charge on any atom is 0.133 e. The quantitative estimate of drug-likeness (QED) is 0.629. The monoisotopic (exact) mass is 242 g/mol. The third kappa shape index (κ3) is 1.56. The number of allylic oxidation sites excluding steroid dienone is 4. The molecule has 96 valence electrons. The Labute approximate surface area is 109 Å². The summed E-state index contributed by atoms with van der Waals surface area (Å²) in [6.45, 7) is 0. The molecular weight excluding hydrogens is 220 g/mol. The van der Waals surface area contributed by atoms with E-state index in [4.69, 9.17) is 0 Å². The molecule has 0 heterocycles. The number of ketones is 1. The Bertz CT molecular complexity index is 431. The van der Waals surface area contributed by atoms with Crippen molar-refractivity contribution in [3.05, 3.63) is 23.8 Å². The molecule has 4 rings (SSSR count). The lowest BCUT2D eigenvalue weighted by Gasteiger charge is -2.49. The number of hydrogen-bond donors (Lipinski definition) is 0. The SMILES string of the molecule is O=C1CC[C@H]2C(CC[C@@H]3[C@@H]2CC=C2C=CC[C@H]23)C1. The van der Waals surface area contributed by atoms with Crippen LogP contribution in [0.15, 0.2) is 23.8 Å². The number of hydrogen-bond acceptors (Lipinski definition) is 1. The van der Waals surface area contributed by atoms with Crippen molar-refractivity contribution in [1.29, 1.82) is 0 Å². The molecule has 0 amide bonds. The molecule has 5 atom stereocenters. The van der Waals surface area contributed by atoms with E-state index in [0.29, 0.717) is 5.78 Å². The van der Waals surface area contributed by atoms with Gasteiger partial charge in [-0.25, -0.2) is 0 Å². The molecule has 2 fully saturated rings. The molecule has 4 aliphatic rings. The third-order valence-electron chi connectivity index (χ3n) is 6.09. The lowest BCUT2D eigenvalue weighted by Crippen LogP contribution is -2.42. The lowest BCUT2D eigenvalue weighted by atomic mass is 9.55. The molecule has 4 aliphatic carbocycles. The fourth-order valence-corrected chi connectivity index (χ4v) is 5.30. The summed E-state index contributed by atoms with van der Waals surface area (Å²) in [5, 5.41) is 0. The van der Waals surface area contributed by atoms with Crippen LogP contribution < -0.4 is 0 Å². The highest BCUT2D eigenvalue weighted by molar-refractivity contribution is 5.79. The summed E-state index contributed by atoms with van der Waals surface area (Å²) in [4.78, 5) is 11.6. The molecule has 0 bridgehead atoms. The van der Waals surface area contributed by atoms with E-state index in [-0.39, 0.29) is 0 Å². The number of fused-ring (bicyclic) bond motifs is 5. The zero-order valence-corrected chi connectivity index (χ0v) is 11.0. The van der Waals surface area contributed by atoms with Gasteiger partial charge in [0.25, 0.3) is 0 Å². The first kappa shape index (κ1) is 11.0. The van der Waals surface area contributed by atoms with E-state index < -0.39 is 0 Å². The highest BCUT2D eigenvalue weighted by Gasteiger charge is 2.46. The van der Waals surface area contributed by atoms with Crippen LogP contribution in [0.2, 0.25) is 0 Å². The number of carbonyl (C=O) groups is 1. The summed E-state index contributed by atoms with van der Waals surface area (Å²) in [7, 11) is 0. The van der Waals surface area contributed by atoms with Crippen LogP contribution in [-0.2, 0) is 4.79 Å². The molecular formula is C17H22O. The van der Waals surface area contributed by atoms with E-state index in [1.54, 1.807) is 5.57 Å². The minimum absolute atomic E-state index is 0.532. The Morgan fingerprint density at radius 3 is 2.89 bits per heavy atom. The second-order valence-corrected chi connectivity index (χ2v) is 6.79. The summed E-state index contributed by atoms with van der Waals surface area (Å²) in [5.74, 6) is 4.78. The topological polar surface area (TPSA) is 17.1 Å². The maximum atomic E-state index is 11.6. The van der Waals surface area contributed by atoms with Gasteiger partial charge in [-0.05, 0) is 67.3 Å². The lowest BCUT2D eigenvalue weighted by molar-refractivity contribution is -0.125. The largest absolute Gasteiger partial charge is 0.300 e. The third-order valence-corrected chi connectivity index (χ3v) is 6.09. The van der Waals surface area contributed by atoms with Crippen LogP contribution >= 0.6 is 0 Å². The molecule has 0 aromatic carbocycles. The van der Waals surface area contributed by atoms with Crippen LogP contribution in [0.25, 0.3) is 0 Å². The highest BCUT2D eigenvalue weighted by Crippen LogP contribution is 2.54. The Morgan fingerprint density at radius 1 is 1.00 bits per heavy atom. The van der Waals surface area contributed by atoms with Crippen LogP contribution in [0, 0.1) is 29.6 Å². The van der Waals surface area contributed by atoms with E-state index in [0.717, 1.165) is 42.4 Å². The van der Waals surface area contributed by atoms with Gasteiger partial charge in [-0.2, -0.15) is 0 Å². The van der Waals surface area contributed by atoms with Gasteiger partial charge in [0.15, 0.2) is 0 Å². The number of rotatable bonds is 0. The van der Waals surface area contributed by atoms with Gasteiger partial charge in [0.2, 0.25) is 0 Å². The van der Waals surface area contributed by atoms with Crippen molar-refractivity contribution in [2.75, 3.05) is 0 Å². The second-order valence-electron chi connectivity index (χ2n) is 6.79. The van der Waals surface area contributed by atoms with Crippen molar-refractivity contribution in [1.82, 2.24) is 0 Å². The minimum Gasteiger partial charge on any atom is -0.300 e. The van der Waals surface area contributed by atoms with Crippen LogP contribution in [0.1, 0.15) is 44.9 Å². The standard InChI is InChI=1S/C17H22O/c18-13-6-9-15-12(10-13)5-8-16-14-3-1-2-11(14)4-7-17(15)16/h1-2,4,12,14-17H,3,5-10H2/t12?,14-,15+,16+,17-/m1/s1. The van der Waals surface area contributed by atoms with Crippen LogP contribution in [0.3, 0.4) is 0 Å².